The highest BCUT2D eigenvalue weighted by molar-refractivity contribution is 7.59. The molecule has 0 heterocycles. The molecule has 0 atom stereocenters. The van der Waals surface area contributed by atoms with E-state index in [1.807, 2.05) is 6.07 Å². The van der Waals surface area contributed by atoms with Crippen LogP contribution in [0.4, 0.5) is 5.69 Å². The van der Waals surface area contributed by atoms with Crippen molar-refractivity contribution < 1.29 is 4.79 Å². The summed E-state index contributed by atoms with van der Waals surface area (Å²) in [5, 5.41) is 11.2. The van der Waals surface area contributed by atoms with Gasteiger partial charge in [-0.15, -0.1) is 0 Å². The van der Waals surface area contributed by atoms with Crippen molar-refractivity contribution >= 4 is 24.2 Å². The summed E-state index contributed by atoms with van der Waals surface area (Å²) in [5.74, 6) is 0.154. The summed E-state index contributed by atoms with van der Waals surface area (Å²) in [6.45, 7) is 0. The normalized spacial score (nSPS) is 8.92. The summed E-state index contributed by atoms with van der Waals surface area (Å²) >= 11 is 3.08. The zero-order valence-electron chi connectivity index (χ0n) is 6.87. The van der Waals surface area contributed by atoms with Gasteiger partial charge in [0.25, 0.3) is 5.91 Å². The van der Waals surface area contributed by atoms with Crippen LogP contribution in [0.1, 0.15) is 5.56 Å². The molecule has 3 nitrogen and oxygen atoms in total. The summed E-state index contributed by atoms with van der Waals surface area (Å²) in [6.07, 6.45) is 0. The van der Waals surface area contributed by atoms with E-state index in [4.69, 9.17) is 5.26 Å². The standard InChI is InChI=1S/C9H8N2OS/c10-5-7-1-3-8(4-2-7)11-9(12)6-13/h1-4,13H,6H2,(H,11,12)/p+1. The molecule has 1 aromatic carbocycles. The van der Waals surface area contributed by atoms with Crippen LogP contribution in [0.15, 0.2) is 24.3 Å². The maximum Gasteiger partial charge on any atom is 0.273 e. The van der Waals surface area contributed by atoms with E-state index in [9.17, 15) is 4.79 Å². The molecular formula is C9H9N2OS+. The van der Waals surface area contributed by atoms with Crippen molar-refractivity contribution in [3.8, 4) is 6.07 Å². The number of carbonyl (C=O) groups is 1. The van der Waals surface area contributed by atoms with Gasteiger partial charge in [-0.05, 0) is 36.9 Å². The first-order chi connectivity index (χ1) is 6.26. The van der Waals surface area contributed by atoms with Crippen LogP contribution >= 0.6 is 0 Å². The average molecular weight is 193 g/mol. The molecule has 0 aliphatic rings. The number of hydrogen-bond acceptors (Lipinski definition) is 2. The first kappa shape index (κ1) is 9.62. The minimum atomic E-state index is -0.110. The molecule has 0 aromatic heterocycles. The van der Waals surface area contributed by atoms with Crippen molar-refractivity contribution in [2.24, 2.45) is 0 Å². The van der Waals surface area contributed by atoms with Crippen molar-refractivity contribution in [1.29, 1.82) is 5.26 Å². The first-order valence-electron chi connectivity index (χ1n) is 3.71. The lowest BCUT2D eigenvalue weighted by molar-refractivity contribution is -0.113. The third kappa shape index (κ3) is 2.80. The second-order valence-corrected chi connectivity index (χ2v) is 2.77. The third-order valence-corrected chi connectivity index (χ3v) is 1.78. The van der Waals surface area contributed by atoms with E-state index in [-0.39, 0.29) is 11.7 Å². The van der Waals surface area contributed by atoms with Gasteiger partial charge in [-0.3, -0.25) is 4.79 Å². The van der Waals surface area contributed by atoms with Gasteiger partial charge in [0.05, 0.1) is 11.6 Å². The predicted octanol–water partition coefficient (Wildman–Crippen LogP) is 0.508. The zero-order valence-corrected chi connectivity index (χ0v) is 7.87. The monoisotopic (exact) mass is 193 g/mol. The van der Waals surface area contributed by atoms with Gasteiger partial charge in [-0.1, -0.05) is 0 Å². The van der Waals surface area contributed by atoms with Gasteiger partial charge >= 0.3 is 0 Å². The molecule has 0 aliphatic heterocycles. The second kappa shape index (κ2) is 4.53. The van der Waals surface area contributed by atoms with Crippen LogP contribution in [0.5, 0.6) is 0 Å². The molecule has 0 bridgehead atoms. The van der Waals surface area contributed by atoms with Crippen LogP contribution in [-0.2, 0) is 17.4 Å². The molecule has 0 unspecified atom stereocenters. The number of rotatable bonds is 2. The summed E-state index contributed by atoms with van der Waals surface area (Å²) < 4.78 is 0. The van der Waals surface area contributed by atoms with Crippen molar-refractivity contribution in [3.05, 3.63) is 29.8 Å². The summed E-state index contributed by atoms with van der Waals surface area (Å²) in [7, 11) is 0. The van der Waals surface area contributed by atoms with Crippen LogP contribution in [0, 0.1) is 11.3 Å². The summed E-state index contributed by atoms with van der Waals surface area (Å²) in [5.41, 5.74) is 1.28. The van der Waals surface area contributed by atoms with Crippen molar-refractivity contribution in [2.45, 2.75) is 0 Å². The maximum atomic E-state index is 10.9. The quantitative estimate of drug-likeness (QED) is 0.696. The number of benzene rings is 1. The van der Waals surface area contributed by atoms with Gasteiger partial charge in [0.15, 0.2) is 5.75 Å². The molecule has 0 radical (unpaired) electrons. The Labute approximate surface area is 81.8 Å². The maximum absolute atomic E-state index is 10.9. The molecule has 0 aliphatic carbocycles. The van der Waals surface area contributed by atoms with Gasteiger partial charge in [-0.25, -0.2) is 0 Å². The number of nitrogens with one attached hydrogen (secondary N) is 1. The number of nitrogens with zero attached hydrogens (tertiary/aromatic N) is 1. The lowest BCUT2D eigenvalue weighted by atomic mass is 10.2. The molecule has 0 spiro atoms. The highest BCUT2D eigenvalue weighted by atomic mass is 32.1. The SMILES string of the molecule is N#Cc1ccc(NC(=O)C[SH2+])cc1. The Bertz CT molecular complexity index is 340. The molecule has 4 heteroatoms. The van der Waals surface area contributed by atoms with Crippen molar-refractivity contribution in [3.63, 3.8) is 0 Å². The molecule has 1 N–H and O–H groups in total. The molecule has 0 saturated carbocycles. The second-order valence-electron chi connectivity index (χ2n) is 2.41. The number of hydrogen-bond donors (Lipinski definition) is 1. The van der Waals surface area contributed by atoms with E-state index in [0.717, 1.165) is 0 Å². The smallest absolute Gasteiger partial charge is 0.273 e. The summed E-state index contributed by atoms with van der Waals surface area (Å²) in [4.78, 5) is 10.9. The van der Waals surface area contributed by atoms with E-state index >= 15 is 0 Å². The van der Waals surface area contributed by atoms with E-state index in [0.29, 0.717) is 11.3 Å². The topological polar surface area (TPSA) is 52.9 Å². The minimum Gasteiger partial charge on any atom is -0.322 e. The molecule has 13 heavy (non-hydrogen) atoms. The number of anilines is 1. The van der Waals surface area contributed by atoms with Gasteiger partial charge in [0.2, 0.25) is 0 Å². The van der Waals surface area contributed by atoms with E-state index in [1.165, 1.54) is 0 Å². The first-order valence-corrected chi connectivity index (χ1v) is 4.41. The van der Waals surface area contributed by atoms with Gasteiger partial charge in [0, 0.05) is 5.69 Å². The van der Waals surface area contributed by atoms with E-state index in [1.54, 1.807) is 24.3 Å². The Balaban J connectivity index is 2.71. The van der Waals surface area contributed by atoms with E-state index in [2.05, 4.69) is 17.9 Å². The van der Waals surface area contributed by atoms with Crippen LogP contribution in [0.25, 0.3) is 0 Å². The summed E-state index contributed by atoms with van der Waals surface area (Å²) in [6, 6.07) is 8.70. The highest BCUT2D eigenvalue weighted by Gasteiger charge is 2.01. The van der Waals surface area contributed by atoms with Gasteiger partial charge in [0.1, 0.15) is 0 Å². The fourth-order valence-electron chi connectivity index (χ4n) is 0.833. The Morgan fingerprint density at radius 1 is 1.46 bits per heavy atom. The number of carbonyl (C=O) groups excluding carboxylic acids is 1. The third-order valence-electron chi connectivity index (χ3n) is 1.46. The zero-order chi connectivity index (χ0) is 9.68. The fraction of sp³-hybridized carbons (Fsp3) is 0.111. The van der Waals surface area contributed by atoms with Gasteiger partial charge in [-0.2, -0.15) is 5.26 Å². The molecule has 1 aromatic rings. The van der Waals surface area contributed by atoms with Crippen LogP contribution in [0.2, 0.25) is 0 Å². The lowest BCUT2D eigenvalue weighted by Gasteiger charge is -2.00. The molecule has 66 valence electrons. The molecular weight excluding hydrogens is 184 g/mol. The lowest BCUT2D eigenvalue weighted by Crippen LogP contribution is -2.13. The van der Waals surface area contributed by atoms with Crippen LogP contribution < -0.4 is 5.32 Å². The average Bonchev–Trinajstić information content (AvgIpc) is 2.19. The molecule has 0 saturated heterocycles. The number of amides is 1. The Morgan fingerprint density at radius 2 is 2.08 bits per heavy atom. The Hall–Kier alpha value is -1.47. The van der Waals surface area contributed by atoms with E-state index < -0.39 is 0 Å². The largest absolute Gasteiger partial charge is 0.322 e. The minimum absolute atomic E-state index is 0.110. The fourth-order valence-corrected chi connectivity index (χ4v) is 0.922. The van der Waals surface area contributed by atoms with Gasteiger partial charge < -0.3 is 5.32 Å². The number of nitriles is 1. The van der Waals surface area contributed by atoms with Crippen molar-refractivity contribution in [1.82, 2.24) is 0 Å². The highest BCUT2D eigenvalue weighted by Crippen LogP contribution is 2.08. The van der Waals surface area contributed by atoms with Crippen molar-refractivity contribution in [2.75, 3.05) is 11.1 Å². The molecule has 1 rings (SSSR count). The predicted molar refractivity (Wildman–Crippen MR) is 54.8 cm³/mol. The Kier molecular flexibility index (Phi) is 3.35. The Morgan fingerprint density at radius 3 is 2.54 bits per heavy atom. The van der Waals surface area contributed by atoms with Crippen LogP contribution in [-0.4, -0.2) is 11.7 Å². The van der Waals surface area contributed by atoms with Crippen LogP contribution in [0.3, 0.4) is 0 Å². The molecule has 0 fully saturated rings. The molecule has 1 amide bonds.